The third-order valence-electron chi connectivity index (χ3n) is 4.97. The summed E-state index contributed by atoms with van der Waals surface area (Å²) in [5.74, 6) is -0.245. The predicted octanol–water partition coefficient (Wildman–Crippen LogP) is 1.15. The Balaban J connectivity index is 1.54. The molecule has 0 aromatic carbocycles. The quantitative estimate of drug-likeness (QED) is 0.807. The van der Waals surface area contributed by atoms with Crippen molar-refractivity contribution >= 4 is 11.9 Å². The molecule has 0 unspecified atom stereocenters. The fraction of sp³-hybridized carbons (Fsp3) is 0.688. The summed E-state index contributed by atoms with van der Waals surface area (Å²) in [7, 11) is 0. The van der Waals surface area contributed by atoms with Crippen LogP contribution < -0.4 is 4.90 Å². The maximum atomic E-state index is 13.1. The number of carbonyl (C=O) groups is 1. The summed E-state index contributed by atoms with van der Waals surface area (Å²) in [5, 5.41) is 1.49. The van der Waals surface area contributed by atoms with Crippen LogP contribution >= 0.6 is 0 Å². The Morgan fingerprint density at radius 1 is 1.25 bits per heavy atom. The largest absolute Gasteiger partial charge is 0.376 e. The minimum absolute atomic E-state index is 0.00392. The van der Waals surface area contributed by atoms with Crippen LogP contribution in [0.15, 0.2) is 12.4 Å². The minimum atomic E-state index is -0.468. The molecule has 24 heavy (non-hydrogen) atoms. The van der Waals surface area contributed by atoms with Gasteiger partial charge in [0, 0.05) is 19.7 Å². The number of halogens is 1. The number of amides is 1. The molecule has 3 atom stereocenters. The average Bonchev–Trinajstić information content (AvgIpc) is 3.10. The van der Waals surface area contributed by atoms with Gasteiger partial charge >= 0.3 is 0 Å². The van der Waals surface area contributed by atoms with Crippen molar-refractivity contribution in [1.82, 2.24) is 15.0 Å². The van der Waals surface area contributed by atoms with E-state index in [1.807, 2.05) is 4.90 Å². The Morgan fingerprint density at radius 2 is 2.08 bits per heavy atom. The lowest BCUT2D eigenvalue weighted by atomic mass is 9.89. The van der Waals surface area contributed by atoms with E-state index in [1.54, 1.807) is 0 Å². The average molecular weight is 336 g/mol. The maximum Gasteiger partial charge on any atom is 0.251 e. The van der Waals surface area contributed by atoms with E-state index in [0.717, 1.165) is 31.7 Å². The molecule has 0 bridgehead atoms. The van der Waals surface area contributed by atoms with E-state index < -0.39 is 5.82 Å². The predicted molar refractivity (Wildman–Crippen MR) is 82.5 cm³/mol. The molecular weight excluding hydrogens is 315 g/mol. The van der Waals surface area contributed by atoms with Crippen molar-refractivity contribution in [3.63, 3.8) is 0 Å². The monoisotopic (exact) mass is 336 g/mol. The first-order valence-corrected chi connectivity index (χ1v) is 8.52. The van der Waals surface area contributed by atoms with Crippen LogP contribution in [-0.2, 0) is 14.4 Å². The van der Waals surface area contributed by atoms with Crippen molar-refractivity contribution in [2.45, 2.75) is 37.8 Å². The Bertz CT molecular complexity index is 593. The number of carbonyl (C=O) groups excluding carboxylic acids is 1. The van der Waals surface area contributed by atoms with Gasteiger partial charge in [-0.2, -0.15) is 0 Å². The fourth-order valence-corrected chi connectivity index (χ4v) is 3.78. The molecule has 0 radical (unpaired) electrons. The highest BCUT2D eigenvalue weighted by atomic mass is 19.1. The summed E-state index contributed by atoms with van der Waals surface area (Å²) < 4.78 is 18.9. The lowest BCUT2D eigenvalue weighted by Crippen LogP contribution is -2.54. The van der Waals surface area contributed by atoms with Gasteiger partial charge in [-0.05, 0) is 25.7 Å². The van der Waals surface area contributed by atoms with Gasteiger partial charge in [0.1, 0.15) is 0 Å². The molecule has 130 valence electrons. The van der Waals surface area contributed by atoms with Gasteiger partial charge in [-0.3, -0.25) is 9.63 Å². The van der Waals surface area contributed by atoms with Crippen molar-refractivity contribution in [2.75, 3.05) is 31.2 Å². The number of nitrogens with zero attached hydrogens (tertiary/aromatic N) is 4. The molecule has 1 aromatic heterocycles. The second-order valence-electron chi connectivity index (χ2n) is 6.53. The third-order valence-corrected chi connectivity index (χ3v) is 4.97. The molecule has 3 saturated heterocycles. The number of ether oxygens (including phenoxy) is 1. The lowest BCUT2D eigenvalue weighted by molar-refractivity contribution is -0.202. The summed E-state index contributed by atoms with van der Waals surface area (Å²) in [4.78, 5) is 28.5. The maximum absolute atomic E-state index is 13.1. The Hall–Kier alpha value is -1.80. The number of hydrogen-bond donors (Lipinski definition) is 0. The van der Waals surface area contributed by atoms with Crippen molar-refractivity contribution in [3.8, 4) is 0 Å². The van der Waals surface area contributed by atoms with Gasteiger partial charge in [-0.1, -0.05) is 0 Å². The normalized spacial score (nSPS) is 30.3. The standard InChI is InChI=1S/C16H21FN4O3/c17-12-8-18-16(19-9-12)20-10-11(7-14-13(20)3-6-23-14)15(22)21-4-1-2-5-24-21/h8-9,11,13-14H,1-7,10H2/t11-,13-,14-/m1/s1. The molecular formula is C16H21FN4O3. The first kappa shape index (κ1) is 15.7. The molecule has 8 heteroatoms. The number of piperidine rings is 1. The van der Waals surface area contributed by atoms with E-state index in [4.69, 9.17) is 9.57 Å². The van der Waals surface area contributed by atoms with Crippen LogP contribution in [0.1, 0.15) is 25.7 Å². The van der Waals surface area contributed by atoms with Crippen LogP contribution in [0, 0.1) is 11.7 Å². The molecule has 3 fully saturated rings. The topological polar surface area (TPSA) is 67.8 Å². The molecule has 4 heterocycles. The van der Waals surface area contributed by atoms with Crippen molar-refractivity contribution < 1.29 is 18.8 Å². The molecule has 0 N–H and O–H groups in total. The molecule has 0 saturated carbocycles. The van der Waals surface area contributed by atoms with Crippen molar-refractivity contribution in [2.24, 2.45) is 5.92 Å². The molecule has 4 rings (SSSR count). The van der Waals surface area contributed by atoms with Gasteiger partial charge in [0.05, 0.1) is 37.1 Å². The van der Waals surface area contributed by atoms with Crippen LogP contribution in [-0.4, -0.2) is 59.4 Å². The van der Waals surface area contributed by atoms with Gasteiger partial charge in [-0.15, -0.1) is 0 Å². The molecule has 0 spiro atoms. The van der Waals surface area contributed by atoms with Crippen molar-refractivity contribution in [3.05, 3.63) is 18.2 Å². The summed E-state index contributed by atoms with van der Waals surface area (Å²) in [6, 6.07) is 0.141. The molecule has 1 amide bonds. The van der Waals surface area contributed by atoms with E-state index in [1.165, 1.54) is 5.06 Å². The Kier molecular flexibility index (Phi) is 4.32. The zero-order chi connectivity index (χ0) is 16.5. The second kappa shape index (κ2) is 6.60. The van der Waals surface area contributed by atoms with E-state index in [-0.39, 0.29) is 24.0 Å². The van der Waals surface area contributed by atoms with E-state index in [0.29, 0.717) is 38.7 Å². The molecule has 3 aliphatic rings. The highest BCUT2D eigenvalue weighted by Crippen LogP contribution is 2.34. The van der Waals surface area contributed by atoms with Gasteiger partial charge in [0.15, 0.2) is 5.82 Å². The summed E-state index contributed by atoms with van der Waals surface area (Å²) >= 11 is 0. The third kappa shape index (κ3) is 2.95. The zero-order valence-corrected chi connectivity index (χ0v) is 13.4. The number of hydrogen-bond acceptors (Lipinski definition) is 6. The van der Waals surface area contributed by atoms with Gasteiger partial charge < -0.3 is 9.64 Å². The highest BCUT2D eigenvalue weighted by molar-refractivity contribution is 5.79. The first-order valence-electron chi connectivity index (χ1n) is 8.52. The smallest absolute Gasteiger partial charge is 0.251 e. The summed E-state index contributed by atoms with van der Waals surface area (Å²) in [6.07, 6.45) is 5.79. The summed E-state index contributed by atoms with van der Waals surface area (Å²) in [6.45, 7) is 2.39. The molecule has 3 aliphatic heterocycles. The van der Waals surface area contributed by atoms with Crippen LogP contribution in [0.25, 0.3) is 0 Å². The summed E-state index contributed by atoms with van der Waals surface area (Å²) in [5.41, 5.74) is 0. The van der Waals surface area contributed by atoms with Crippen molar-refractivity contribution in [1.29, 1.82) is 0 Å². The number of aromatic nitrogens is 2. The molecule has 0 aliphatic carbocycles. The van der Waals surface area contributed by atoms with E-state index in [2.05, 4.69) is 9.97 Å². The number of rotatable bonds is 2. The second-order valence-corrected chi connectivity index (χ2v) is 6.53. The minimum Gasteiger partial charge on any atom is -0.376 e. The van der Waals surface area contributed by atoms with Gasteiger partial charge in [0.2, 0.25) is 5.95 Å². The first-order chi connectivity index (χ1) is 11.7. The van der Waals surface area contributed by atoms with Gasteiger partial charge in [0.25, 0.3) is 5.91 Å². The lowest BCUT2D eigenvalue weighted by Gasteiger charge is -2.41. The Labute approximate surface area is 139 Å². The zero-order valence-electron chi connectivity index (χ0n) is 13.4. The SMILES string of the molecule is O=C([C@@H]1C[C@H]2OCC[C@H]2N(c2ncc(F)cn2)C1)N1CCCCO1. The highest BCUT2D eigenvalue weighted by Gasteiger charge is 2.44. The molecule has 7 nitrogen and oxygen atoms in total. The van der Waals surface area contributed by atoms with Crippen LogP contribution in [0.2, 0.25) is 0 Å². The number of anilines is 1. The van der Waals surface area contributed by atoms with Crippen LogP contribution in [0.5, 0.6) is 0 Å². The molecule has 1 aromatic rings. The van der Waals surface area contributed by atoms with Gasteiger partial charge in [-0.25, -0.2) is 19.4 Å². The van der Waals surface area contributed by atoms with Crippen LogP contribution in [0.3, 0.4) is 0 Å². The number of hydroxylamine groups is 2. The fourth-order valence-electron chi connectivity index (χ4n) is 3.78. The van der Waals surface area contributed by atoms with E-state index >= 15 is 0 Å². The van der Waals surface area contributed by atoms with Crippen LogP contribution in [0.4, 0.5) is 10.3 Å². The number of fused-ring (bicyclic) bond motifs is 1. The Morgan fingerprint density at radius 3 is 2.83 bits per heavy atom. The van der Waals surface area contributed by atoms with E-state index in [9.17, 15) is 9.18 Å².